The minimum absolute atomic E-state index is 0.342. The van der Waals surface area contributed by atoms with Crippen LogP contribution in [0.15, 0.2) is 18.2 Å². The summed E-state index contributed by atoms with van der Waals surface area (Å²) in [5.74, 6) is -1.94. The topological polar surface area (TPSA) is 49.7 Å². The van der Waals surface area contributed by atoms with Crippen LogP contribution < -0.4 is 4.65 Å². The largest absolute Gasteiger partial charge is 0.707 e. The summed E-state index contributed by atoms with van der Waals surface area (Å²) >= 11 is 0. The summed E-state index contributed by atoms with van der Waals surface area (Å²) in [4.78, 5) is 0. The van der Waals surface area contributed by atoms with Crippen LogP contribution in [-0.4, -0.2) is 17.4 Å². The van der Waals surface area contributed by atoms with E-state index in [9.17, 15) is 17.6 Å². The SMILES string of the molecule is OB(O)Oc1ccc(F)c(C(F)(F)F)c1. The van der Waals surface area contributed by atoms with Crippen LogP contribution in [0.4, 0.5) is 17.6 Å². The summed E-state index contributed by atoms with van der Waals surface area (Å²) in [7, 11) is -2.25. The second-order valence-electron chi connectivity index (χ2n) is 2.58. The Morgan fingerprint density at radius 1 is 1.20 bits per heavy atom. The molecule has 0 aliphatic heterocycles. The zero-order valence-corrected chi connectivity index (χ0v) is 7.12. The summed E-state index contributed by atoms with van der Waals surface area (Å²) in [6.45, 7) is 0. The van der Waals surface area contributed by atoms with Gasteiger partial charge in [-0.3, -0.25) is 0 Å². The minimum atomic E-state index is -4.86. The number of benzene rings is 1. The number of rotatable bonds is 2. The zero-order chi connectivity index (χ0) is 11.6. The van der Waals surface area contributed by atoms with Crippen LogP contribution in [0.1, 0.15) is 5.56 Å². The van der Waals surface area contributed by atoms with Crippen LogP contribution in [0.3, 0.4) is 0 Å². The normalized spacial score (nSPS) is 11.3. The monoisotopic (exact) mass is 224 g/mol. The number of alkyl halides is 3. The zero-order valence-electron chi connectivity index (χ0n) is 7.12. The predicted octanol–water partition coefficient (Wildman–Crippen LogP) is 1.19. The van der Waals surface area contributed by atoms with Gasteiger partial charge in [0.05, 0.1) is 5.56 Å². The van der Waals surface area contributed by atoms with Crippen molar-refractivity contribution in [2.75, 3.05) is 0 Å². The average molecular weight is 224 g/mol. The van der Waals surface area contributed by atoms with Crippen molar-refractivity contribution in [2.24, 2.45) is 0 Å². The molecule has 3 nitrogen and oxygen atoms in total. The molecule has 2 N–H and O–H groups in total. The van der Waals surface area contributed by atoms with Gasteiger partial charge < -0.3 is 14.7 Å². The maximum absolute atomic E-state index is 12.7. The molecule has 0 radical (unpaired) electrons. The number of halogens is 4. The van der Waals surface area contributed by atoms with Gasteiger partial charge in [-0.2, -0.15) is 13.2 Å². The molecule has 15 heavy (non-hydrogen) atoms. The molecule has 0 aliphatic rings. The fourth-order valence-corrected chi connectivity index (χ4v) is 0.917. The van der Waals surface area contributed by atoms with E-state index in [2.05, 4.69) is 4.65 Å². The fourth-order valence-electron chi connectivity index (χ4n) is 0.917. The second kappa shape index (κ2) is 4.07. The molecule has 1 rings (SSSR count). The van der Waals surface area contributed by atoms with Crippen molar-refractivity contribution in [2.45, 2.75) is 6.18 Å². The van der Waals surface area contributed by atoms with Crippen molar-refractivity contribution < 1.29 is 32.3 Å². The van der Waals surface area contributed by atoms with E-state index in [0.717, 1.165) is 6.07 Å². The molecule has 0 spiro atoms. The van der Waals surface area contributed by atoms with Crippen molar-refractivity contribution in [3.05, 3.63) is 29.6 Å². The highest BCUT2D eigenvalue weighted by atomic mass is 19.4. The Kier molecular flexibility index (Phi) is 3.20. The molecule has 0 saturated carbocycles. The van der Waals surface area contributed by atoms with Crippen molar-refractivity contribution in [1.82, 2.24) is 0 Å². The lowest BCUT2D eigenvalue weighted by Gasteiger charge is -2.10. The molecule has 0 aromatic heterocycles. The second-order valence-corrected chi connectivity index (χ2v) is 2.58. The highest BCUT2D eigenvalue weighted by Gasteiger charge is 2.34. The molecule has 0 amide bonds. The van der Waals surface area contributed by atoms with Crippen molar-refractivity contribution in [3.63, 3.8) is 0 Å². The summed E-state index contributed by atoms with van der Waals surface area (Å²) < 4.78 is 53.3. The highest BCUT2D eigenvalue weighted by Crippen LogP contribution is 2.33. The summed E-state index contributed by atoms with van der Waals surface area (Å²) in [5.41, 5.74) is -1.53. The third-order valence-electron chi connectivity index (χ3n) is 1.48. The first-order valence-electron chi connectivity index (χ1n) is 3.70. The van der Waals surface area contributed by atoms with Gasteiger partial charge in [-0.15, -0.1) is 0 Å². The Morgan fingerprint density at radius 2 is 1.80 bits per heavy atom. The first-order valence-corrected chi connectivity index (χ1v) is 3.70. The lowest BCUT2D eigenvalue weighted by atomic mass is 10.1. The van der Waals surface area contributed by atoms with E-state index in [0.29, 0.717) is 12.1 Å². The minimum Gasteiger partial charge on any atom is -0.512 e. The van der Waals surface area contributed by atoms with Gasteiger partial charge in [0.2, 0.25) is 0 Å². The molecule has 8 heteroatoms. The van der Waals surface area contributed by atoms with E-state index in [-0.39, 0.29) is 0 Å². The van der Waals surface area contributed by atoms with Gasteiger partial charge in [0.25, 0.3) is 0 Å². The lowest BCUT2D eigenvalue weighted by molar-refractivity contribution is -0.140. The van der Waals surface area contributed by atoms with Gasteiger partial charge in [-0.1, -0.05) is 0 Å². The molecule has 0 aliphatic carbocycles. The fraction of sp³-hybridized carbons (Fsp3) is 0.143. The van der Waals surface area contributed by atoms with Crippen LogP contribution in [0, 0.1) is 5.82 Å². The van der Waals surface area contributed by atoms with E-state index in [1.165, 1.54) is 0 Å². The molecule has 1 aromatic carbocycles. The quantitative estimate of drug-likeness (QED) is 0.585. The third-order valence-corrected chi connectivity index (χ3v) is 1.48. The maximum atomic E-state index is 12.7. The highest BCUT2D eigenvalue weighted by molar-refractivity contribution is 6.33. The number of hydrogen-bond donors (Lipinski definition) is 2. The molecular formula is C7H5BF4O3. The molecule has 82 valence electrons. The molecule has 0 unspecified atom stereocenters. The molecule has 0 fully saturated rings. The van der Waals surface area contributed by atoms with Gasteiger partial charge in [-0.05, 0) is 18.2 Å². The van der Waals surface area contributed by atoms with E-state index < -0.39 is 30.6 Å². The van der Waals surface area contributed by atoms with Gasteiger partial charge in [0.15, 0.2) is 0 Å². The molecule has 0 saturated heterocycles. The van der Waals surface area contributed by atoms with Crippen LogP contribution in [0.5, 0.6) is 5.75 Å². The Hall–Kier alpha value is -1.28. The predicted molar refractivity (Wildman–Crippen MR) is 42.2 cm³/mol. The van der Waals surface area contributed by atoms with Crippen LogP contribution in [0.2, 0.25) is 0 Å². The van der Waals surface area contributed by atoms with E-state index in [1.54, 1.807) is 0 Å². The summed E-state index contributed by atoms with van der Waals surface area (Å²) in [5, 5.41) is 16.7. The van der Waals surface area contributed by atoms with Crippen LogP contribution >= 0.6 is 0 Å². The van der Waals surface area contributed by atoms with Gasteiger partial charge in [-0.25, -0.2) is 4.39 Å². The first kappa shape index (κ1) is 11.8. The first-order chi connectivity index (χ1) is 6.80. The Labute approximate surface area is 82.1 Å². The Morgan fingerprint density at radius 3 is 2.27 bits per heavy atom. The van der Waals surface area contributed by atoms with Crippen LogP contribution in [-0.2, 0) is 6.18 Å². The van der Waals surface area contributed by atoms with E-state index in [1.807, 2.05) is 0 Å². The molecule has 0 bridgehead atoms. The smallest absolute Gasteiger partial charge is 0.512 e. The standard InChI is InChI=1S/C7H5BF4O3/c9-6-2-1-4(15-8(13)14)3-5(6)7(10,11)12/h1-3,13-14H. The maximum Gasteiger partial charge on any atom is 0.707 e. The van der Waals surface area contributed by atoms with Gasteiger partial charge in [0.1, 0.15) is 11.6 Å². The van der Waals surface area contributed by atoms with E-state index >= 15 is 0 Å². The van der Waals surface area contributed by atoms with Gasteiger partial charge in [0, 0.05) is 0 Å². The lowest BCUT2D eigenvalue weighted by Crippen LogP contribution is -2.21. The van der Waals surface area contributed by atoms with Crippen molar-refractivity contribution >= 4 is 7.32 Å². The van der Waals surface area contributed by atoms with Crippen molar-refractivity contribution in [3.8, 4) is 5.75 Å². The van der Waals surface area contributed by atoms with E-state index in [4.69, 9.17) is 10.0 Å². The van der Waals surface area contributed by atoms with Crippen LogP contribution in [0.25, 0.3) is 0 Å². The molecular weight excluding hydrogens is 219 g/mol. The Bertz CT molecular complexity index is 353. The summed E-state index contributed by atoms with van der Waals surface area (Å²) in [6, 6.07) is 1.72. The third kappa shape index (κ3) is 3.10. The average Bonchev–Trinajstić information content (AvgIpc) is 2.05. The number of hydrogen-bond acceptors (Lipinski definition) is 3. The molecule has 0 atom stereocenters. The van der Waals surface area contributed by atoms with Crippen molar-refractivity contribution in [1.29, 1.82) is 0 Å². The Balaban J connectivity index is 3.06. The van der Waals surface area contributed by atoms with Gasteiger partial charge >= 0.3 is 13.5 Å². The molecule has 0 heterocycles. The molecule has 1 aromatic rings. The summed E-state index contributed by atoms with van der Waals surface area (Å²) in [6.07, 6.45) is -4.86.